The monoisotopic (exact) mass is 185 g/mol. The van der Waals surface area contributed by atoms with E-state index in [1.165, 1.54) is 0 Å². The molecule has 0 atom stereocenters. The summed E-state index contributed by atoms with van der Waals surface area (Å²) in [7, 11) is 2.11. The first-order valence-corrected chi connectivity index (χ1v) is 4.95. The molecule has 1 fully saturated rings. The number of amides is 2. The Labute approximate surface area is 79.7 Å². The second kappa shape index (κ2) is 5.07. The van der Waals surface area contributed by atoms with Crippen LogP contribution in [0.2, 0.25) is 0 Å². The van der Waals surface area contributed by atoms with Crippen molar-refractivity contribution >= 4 is 6.03 Å². The Morgan fingerprint density at radius 1 is 1.46 bits per heavy atom. The molecule has 0 aliphatic carbocycles. The third-order valence-electron chi connectivity index (χ3n) is 2.39. The molecule has 1 heterocycles. The highest BCUT2D eigenvalue weighted by Crippen LogP contribution is 2.07. The van der Waals surface area contributed by atoms with Crippen LogP contribution in [0, 0.1) is 0 Å². The Kier molecular flexibility index (Phi) is 4.02. The number of carbonyl (C=O) groups excluding carboxylic acids is 1. The van der Waals surface area contributed by atoms with Crippen molar-refractivity contribution in [2.24, 2.45) is 0 Å². The van der Waals surface area contributed by atoms with E-state index in [1.54, 1.807) is 0 Å². The molecule has 2 amide bonds. The van der Waals surface area contributed by atoms with E-state index < -0.39 is 0 Å². The number of nitrogens with one attached hydrogen (secondary N) is 2. The number of urea groups is 1. The van der Waals surface area contributed by atoms with Crippen LogP contribution in [-0.4, -0.2) is 43.7 Å². The molecule has 0 aromatic heterocycles. The van der Waals surface area contributed by atoms with Gasteiger partial charge in [-0.15, -0.1) is 0 Å². The third-order valence-corrected chi connectivity index (χ3v) is 2.39. The molecule has 76 valence electrons. The molecule has 13 heavy (non-hydrogen) atoms. The molecular formula is C9H19N3O. The highest BCUT2D eigenvalue weighted by atomic mass is 16.2. The first kappa shape index (κ1) is 10.3. The minimum absolute atomic E-state index is 0.0305. The van der Waals surface area contributed by atoms with Crippen molar-refractivity contribution in [3.63, 3.8) is 0 Å². The largest absolute Gasteiger partial charge is 0.338 e. The van der Waals surface area contributed by atoms with E-state index in [4.69, 9.17) is 0 Å². The zero-order chi connectivity index (χ0) is 9.68. The lowest BCUT2D eigenvalue weighted by Crippen LogP contribution is -2.47. The van der Waals surface area contributed by atoms with Crippen LogP contribution in [0.1, 0.15) is 19.8 Å². The smallest absolute Gasteiger partial charge is 0.314 e. The number of hydrogen-bond acceptors (Lipinski definition) is 2. The fourth-order valence-electron chi connectivity index (χ4n) is 1.55. The Hall–Kier alpha value is -0.770. The number of nitrogens with zero attached hydrogens (tertiary/aromatic N) is 1. The van der Waals surface area contributed by atoms with Gasteiger partial charge in [0.25, 0.3) is 0 Å². The summed E-state index contributed by atoms with van der Waals surface area (Å²) < 4.78 is 0. The molecular weight excluding hydrogens is 166 g/mol. The van der Waals surface area contributed by atoms with E-state index in [2.05, 4.69) is 22.6 Å². The van der Waals surface area contributed by atoms with Gasteiger partial charge in [0.2, 0.25) is 0 Å². The number of likely N-dealkylation sites (tertiary alicyclic amines) is 1. The van der Waals surface area contributed by atoms with Crippen LogP contribution in [0.4, 0.5) is 4.79 Å². The van der Waals surface area contributed by atoms with Crippen molar-refractivity contribution in [3.8, 4) is 0 Å². The Bertz CT molecular complexity index is 164. The highest BCUT2D eigenvalue weighted by Gasteiger charge is 2.17. The second-order valence-corrected chi connectivity index (χ2v) is 3.58. The fraction of sp³-hybridized carbons (Fsp3) is 0.889. The van der Waals surface area contributed by atoms with E-state index in [0.717, 1.165) is 25.9 Å². The molecule has 1 aliphatic heterocycles. The average molecular weight is 185 g/mol. The van der Waals surface area contributed by atoms with Crippen LogP contribution in [0.25, 0.3) is 0 Å². The number of hydrogen-bond donors (Lipinski definition) is 2. The molecule has 4 heteroatoms. The molecule has 0 saturated carbocycles. The molecule has 1 saturated heterocycles. The van der Waals surface area contributed by atoms with E-state index in [9.17, 15) is 4.79 Å². The highest BCUT2D eigenvalue weighted by molar-refractivity contribution is 5.74. The predicted octanol–water partition coefficient (Wildman–Crippen LogP) is 0.400. The van der Waals surface area contributed by atoms with Gasteiger partial charge in [0.15, 0.2) is 0 Å². The van der Waals surface area contributed by atoms with Gasteiger partial charge in [-0.05, 0) is 39.9 Å². The van der Waals surface area contributed by atoms with Crippen molar-refractivity contribution < 1.29 is 4.79 Å². The molecule has 0 bridgehead atoms. The minimum atomic E-state index is -0.0305. The van der Waals surface area contributed by atoms with Crippen molar-refractivity contribution in [2.45, 2.75) is 25.8 Å². The van der Waals surface area contributed by atoms with Gasteiger partial charge < -0.3 is 15.5 Å². The summed E-state index contributed by atoms with van der Waals surface area (Å²) >= 11 is 0. The molecule has 1 rings (SSSR count). The van der Waals surface area contributed by atoms with Crippen LogP contribution in [0.5, 0.6) is 0 Å². The Morgan fingerprint density at radius 3 is 2.62 bits per heavy atom. The normalized spacial score (nSPS) is 19.8. The summed E-state index contributed by atoms with van der Waals surface area (Å²) in [5.74, 6) is 0. The van der Waals surface area contributed by atoms with E-state index >= 15 is 0 Å². The standard InChI is InChI=1S/C9H19N3O/c1-3-10-9(13)11-8-4-6-12(2)7-5-8/h8H,3-7H2,1-2H3,(H2,10,11,13). The maximum absolute atomic E-state index is 11.2. The van der Waals surface area contributed by atoms with Gasteiger partial charge in [-0.25, -0.2) is 4.79 Å². The molecule has 4 nitrogen and oxygen atoms in total. The summed E-state index contributed by atoms with van der Waals surface area (Å²) in [6.07, 6.45) is 2.13. The van der Waals surface area contributed by atoms with Gasteiger partial charge in [-0.3, -0.25) is 0 Å². The molecule has 0 aromatic carbocycles. The predicted molar refractivity (Wildman–Crippen MR) is 52.7 cm³/mol. The van der Waals surface area contributed by atoms with Gasteiger partial charge in [-0.2, -0.15) is 0 Å². The summed E-state index contributed by atoms with van der Waals surface area (Å²) in [5, 5.41) is 5.70. The van der Waals surface area contributed by atoms with Gasteiger partial charge in [-0.1, -0.05) is 0 Å². The Morgan fingerprint density at radius 2 is 2.08 bits per heavy atom. The lowest BCUT2D eigenvalue weighted by Gasteiger charge is -2.29. The van der Waals surface area contributed by atoms with Gasteiger partial charge in [0.05, 0.1) is 0 Å². The van der Waals surface area contributed by atoms with Crippen LogP contribution in [0.3, 0.4) is 0 Å². The van der Waals surface area contributed by atoms with E-state index in [0.29, 0.717) is 12.6 Å². The quantitative estimate of drug-likeness (QED) is 0.654. The lowest BCUT2D eigenvalue weighted by atomic mass is 10.1. The van der Waals surface area contributed by atoms with Crippen molar-refractivity contribution in [2.75, 3.05) is 26.7 Å². The summed E-state index contributed by atoms with van der Waals surface area (Å²) in [6, 6.07) is 0.333. The molecule has 0 radical (unpaired) electrons. The topological polar surface area (TPSA) is 44.4 Å². The number of carbonyl (C=O) groups is 1. The molecule has 0 aromatic rings. The maximum Gasteiger partial charge on any atom is 0.314 e. The summed E-state index contributed by atoms with van der Waals surface area (Å²) in [6.45, 7) is 4.78. The van der Waals surface area contributed by atoms with Crippen molar-refractivity contribution in [3.05, 3.63) is 0 Å². The Balaban J connectivity index is 2.18. The van der Waals surface area contributed by atoms with Gasteiger partial charge in [0.1, 0.15) is 0 Å². The molecule has 0 unspecified atom stereocenters. The summed E-state index contributed by atoms with van der Waals surface area (Å²) in [5.41, 5.74) is 0. The van der Waals surface area contributed by atoms with Gasteiger partial charge in [0, 0.05) is 12.6 Å². The number of piperidine rings is 1. The van der Waals surface area contributed by atoms with E-state index in [1.807, 2.05) is 6.92 Å². The molecule has 0 spiro atoms. The zero-order valence-electron chi connectivity index (χ0n) is 8.47. The van der Waals surface area contributed by atoms with Crippen LogP contribution < -0.4 is 10.6 Å². The van der Waals surface area contributed by atoms with E-state index in [-0.39, 0.29) is 6.03 Å². The van der Waals surface area contributed by atoms with Crippen molar-refractivity contribution in [1.82, 2.24) is 15.5 Å². The zero-order valence-corrected chi connectivity index (χ0v) is 8.47. The minimum Gasteiger partial charge on any atom is -0.338 e. The summed E-state index contributed by atoms with van der Waals surface area (Å²) in [4.78, 5) is 13.4. The van der Waals surface area contributed by atoms with Gasteiger partial charge >= 0.3 is 6.03 Å². The van der Waals surface area contributed by atoms with Crippen LogP contribution in [-0.2, 0) is 0 Å². The fourth-order valence-corrected chi connectivity index (χ4v) is 1.55. The first-order valence-electron chi connectivity index (χ1n) is 4.95. The second-order valence-electron chi connectivity index (χ2n) is 3.58. The SMILES string of the molecule is CCNC(=O)NC1CCN(C)CC1. The molecule has 2 N–H and O–H groups in total. The molecule has 1 aliphatic rings. The number of rotatable bonds is 2. The lowest BCUT2D eigenvalue weighted by molar-refractivity contribution is 0.214. The third kappa shape index (κ3) is 3.63. The first-order chi connectivity index (χ1) is 6.22. The van der Waals surface area contributed by atoms with Crippen LogP contribution >= 0.6 is 0 Å². The average Bonchev–Trinajstić information content (AvgIpc) is 2.09. The van der Waals surface area contributed by atoms with Crippen LogP contribution in [0.15, 0.2) is 0 Å². The van der Waals surface area contributed by atoms with Crippen molar-refractivity contribution in [1.29, 1.82) is 0 Å². The maximum atomic E-state index is 11.2.